The molecule has 0 aromatic heterocycles. The van der Waals surface area contributed by atoms with Crippen LogP contribution in [0.5, 0.6) is 0 Å². The highest BCUT2D eigenvalue weighted by Gasteiger charge is 2.51. The SMILES string of the molecule is CN1C(=O)C(C)(CP(=O)(c2ccccc2)c2ccccc2)c2cc(C(F)(F)F)ccc21. The van der Waals surface area contributed by atoms with E-state index in [0.29, 0.717) is 16.3 Å². The van der Waals surface area contributed by atoms with Crippen molar-refractivity contribution in [3.05, 3.63) is 90.0 Å². The van der Waals surface area contributed by atoms with Gasteiger partial charge in [-0.3, -0.25) is 4.79 Å². The number of nitrogens with zero attached hydrogens (tertiary/aromatic N) is 1. The van der Waals surface area contributed by atoms with Crippen molar-refractivity contribution in [3.63, 3.8) is 0 Å². The van der Waals surface area contributed by atoms with E-state index in [-0.39, 0.29) is 17.6 Å². The minimum absolute atomic E-state index is 0.106. The van der Waals surface area contributed by atoms with E-state index in [2.05, 4.69) is 0 Å². The number of benzene rings is 3. The summed E-state index contributed by atoms with van der Waals surface area (Å²) in [6.07, 6.45) is -4.64. The molecule has 0 saturated heterocycles. The van der Waals surface area contributed by atoms with Crippen molar-refractivity contribution in [2.45, 2.75) is 18.5 Å². The zero-order valence-corrected chi connectivity index (χ0v) is 18.0. The summed E-state index contributed by atoms with van der Waals surface area (Å²) in [5, 5.41) is 1.14. The predicted octanol–water partition coefficient (Wildman–Crippen LogP) is 4.95. The van der Waals surface area contributed by atoms with Gasteiger partial charge in [0.15, 0.2) is 0 Å². The van der Waals surface area contributed by atoms with E-state index < -0.39 is 24.3 Å². The lowest BCUT2D eigenvalue weighted by atomic mass is 9.85. The molecule has 7 heteroatoms. The average Bonchev–Trinajstić information content (AvgIpc) is 2.95. The van der Waals surface area contributed by atoms with Crippen LogP contribution in [0.4, 0.5) is 18.9 Å². The van der Waals surface area contributed by atoms with Crippen LogP contribution in [0, 0.1) is 0 Å². The van der Waals surface area contributed by atoms with Gasteiger partial charge in [0.1, 0.15) is 7.14 Å². The van der Waals surface area contributed by atoms with Crippen LogP contribution in [0.2, 0.25) is 0 Å². The highest BCUT2D eigenvalue weighted by atomic mass is 31.2. The number of rotatable bonds is 4. The van der Waals surface area contributed by atoms with Crippen molar-refractivity contribution in [1.29, 1.82) is 0 Å². The Labute approximate surface area is 178 Å². The first-order valence-corrected chi connectivity index (χ1v) is 11.7. The van der Waals surface area contributed by atoms with Crippen LogP contribution in [-0.4, -0.2) is 19.1 Å². The van der Waals surface area contributed by atoms with Gasteiger partial charge in [0.2, 0.25) is 5.91 Å². The minimum atomic E-state index is -4.54. The van der Waals surface area contributed by atoms with Crippen molar-refractivity contribution in [1.82, 2.24) is 0 Å². The average molecular weight is 443 g/mol. The van der Waals surface area contributed by atoms with Crippen molar-refractivity contribution in [2.24, 2.45) is 0 Å². The van der Waals surface area contributed by atoms with Gasteiger partial charge in [-0.25, -0.2) is 0 Å². The number of fused-ring (bicyclic) bond motifs is 1. The molecule has 0 spiro atoms. The molecule has 1 aliphatic rings. The van der Waals surface area contributed by atoms with E-state index in [1.807, 2.05) is 0 Å². The number of amides is 1. The van der Waals surface area contributed by atoms with Gasteiger partial charge in [0, 0.05) is 29.5 Å². The van der Waals surface area contributed by atoms with E-state index >= 15 is 0 Å². The molecule has 0 aliphatic carbocycles. The third kappa shape index (κ3) is 3.49. The maximum atomic E-state index is 14.5. The maximum absolute atomic E-state index is 14.5. The Balaban J connectivity index is 1.91. The first kappa shape index (κ1) is 21.4. The number of hydrogen-bond acceptors (Lipinski definition) is 2. The Morgan fingerprint density at radius 1 is 0.903 bits per heavy atom. The predicted molar refractivity (Wildman–Crippen MR) is 117 cm³/mol. The van der Waals surface area contributed by atoms with Gasteiger partial charge in [0.25, 0.3) is 0 Å². The fraction of sp³-hybridized carbons (Fsp3) is 0.208. The number of hydrogen-bond donors (Lipinski definition) is 0. The highest BCUT2D eigenvalue weighted by molar-refractivity contribution is 7.78. The molecule has 0 fully saturated rings. The van der Waals surface area contributed by atoms with E-state index in [1.165, 1.54) is 18.0 Å². The van der Waals surface area contributed by atoms with E-state index in [0.717, 1.165) is 12.1 Å². The summed E-state index contributed by atoms with van der Waals surface area (Å²) in [7, 11) is -1.81. The summed E-state index contributed by atoms with van der Waals surface area (Å²) < 4.78 is 54.8. The second kappa shape index (κ2) is 7.38. The van der Waals surface area contributed by atoms with Crippen molar-refractivity contribution in [2.75, 3.05) is 18.1 Å². The molecule has 1 unspecified atom stereocenters. The van der Waals surface area contributed by atoms with Crippen molar-refractivity contribution >= 4 is 29.3 Å². The molecule has 4 rings (SSSR count). The summed E-state index contributed by atoms with van der Waals surface area (Å²) >= 11 is 0. The zero-order chi connectivity index (χ0) is 22.4. The van der Waals surface area contributed by atoms with Crippen LogP contribution >= 0.6 is 7.14 Å². The normalized spacial score (nSPS) is 18.9. The molecular formula is C24H21F3NO2P. The number of carbonyl (C=O) groups excluding carboxylic acids is 1. The first-order chi connectivity index (χ1) is 14.6. The maximum Gasteiger partial charge on any atom is 0.416 e. The molecule has 1 amide bonds. The lowest BCUT2D eigenvalue weighted by molar-refractivity contribution is -0.137. The van der Waals surface area contributed by atoms with Gasteiger partial charge in [-0.05, 0) is 30.7 Å². The number of carbonyl (C=O) groups is 1. The minimum Gasteiger partial charge on any atom is -0.314 e. The number of alkyl halides is 3. The lowest BCUT2D eigenvalue weighted by Crippen LogP contribution is -2.41. The fourth-order valence-electron chi connectivity index (χ4n) is 4.31. The highest BCUT2D eigenvalue weighted by Crippen LogP contribution is 2.54. The Morgan fingerprint density at radius 2 is 1.42 bits per heavy atom. The Morgan fingerprint density at radius 3 is 1.90 bits per heavy atom. The lowest BCUT2D eigenvalue weighted by Gasteiger charge is -2.30. The molecule has 31 heavy (non-hydrogen) atoms. The smallest absolute Gasteiger partial charge is 0.314 e. The van der Waals surface area contributed by atoms with Crippen LogP contribution in [0.1, 0.15) is 18.1 Å². The molecule has 1 aliphatic heterocycles. The molecule has 0 bridgehead atoms. The number of anilines is 1. The van der Waals surface area contributed by atoms with Gasteiger partial charge >= 0.3 is 6.18 Å². The second-order valence-corrected chi connectivity index (χ2v) is 10.8. The van der Waals surface area contributed by atoms with Gasteiger partial charge in [-0.1, -0.05) is 60.7 Å². The quantitative estimate of drug-likeness (QED) is 0.535. The topological polar surface area (TPSA) is 37.4 Å². The van der Waals surface area contributed by atoms with Gasteiger partial charge in [-0.15, -0.1) is 0 Å². The summed E-state index contributed by atoms with van der Waals surface area (Å²) in [5.74, 6) is -0.367. The molecular weight excluding hydrogens is 422 g/mol. The molecule has 3 aromatic carbocycles. The largest absolute Gasteiger partial charge is 0.416 e. The summed E-state index contributed by atoms with van der Waals surface area (Å²) in [6.45, 7) is 1.59. The molecule has 1 atom stereocenters. The third-order valence-corrected chi connectivity index (χ3v) is 9.28. The Hall–Kier alpha value is -2.85. The Bertz CT molecular complexity index is 1130. The van der Waals surface area contributed by atoms with Crippen molar-refractivity contribution < 1.29 is 22.5 Å². The molecule has 0 saturated carbocycles. The van der Waals surface area contributed by atoms with Crippen molar-refractivity contribution in [3.8, 4) is 0 Å². The van der Waals surface area contributed by atoms with E-state index in [9.17, 15) is 22.5 Å². The first-order valence-electron chi connectivity index (χ1n) is 9.77. The third-order valence-electron chi connectivity index (χ3n) is 5.94. The Kier molecular flexibility index (Phi) is 5.09. The summed E-state index contributed by atoms with van der Waals surface area (Å²) in [6, 6.07) is 21.0. The van der Waals surface area contributed by atoms with Gasteiger partial charge < -0.3 is 9.46 Å². The molecule has 3 nitrogen and oxygen atoms in total. The van der Waals surface area contributed by atoms with E-state index in [1.54, 1.807) is 67.6 Å². The second-order valence-electron chi connectivity index (χ2n) is 7.99. The van der Waals surface area contributed by atoms with Crippen LogP contribution in [0.15, 0.2) is 78.9 Å². The summed E-state index contributed by atoms with van der Waals surface area (Å²) in [4.78, 5) is 14.7. The van der Waals surface area contributed by atoms with Gasteiger partial charge in [-0.2, -0.15) is 13.2 Å². The summed E-state index contributed by atoms with van der Waals surface area (Å²) in [5.41, 5.74) is -1.53. The van der Waals surface area contributed by atoms with Crippen LogP contribution in [-0.2, 0) is 21.0 Å². The zero-order valence-electron chi connectivity index (χ0n) is 17.1. The number of halogens is 3. The van der Waals surface area contributed by atoms with Crippen LogP contribution in [0.25, 0.3) is 0 Å². The molecule has 1 heterocycles. The fourth-order valence-corrected chi connectivity index (χ4v) is 7.48. The number of likely N-dealkylation sites (N-methyl/N-ethyl adjacent to an activating group) is 1. The monoisotopic (exact) mass is 443 g/mol. The molecule has 0 radical (unpaired) electrons. The van der Waals surface area contributed by atoms with E-state index in [4.69, 9.17) is 0 Å². The molecule has 0 N–H and O–H groups in total. The van der Waals surface area contributed by atoms with Crippen LogP contribution < -0.4 is 15.5 Å². The standard InChI is InChI=1S/C24H21F3NO2P/c1-23(20-15-17(24(25,26)27)13-14-21(20)28(2)22(23)29)16-31(30,18-9-5-3-6-10-18)19-11-7-4-8-12-19/h3-15H,16H2,1-2H3. The van der Waals surface area contributed by atoms with Gasteiger partial charge in [0.05, 0.1) is 11.0 Å². The van der Waals surface area contributed by atoms with Crippen LogP contribution in [0.3, 0.4) is 0 Å². The molecule has 160 valence electrons. The molecule has 3 aromatic rings.